The van der Waals surface area contributed by atoms with Gasteiger partial charge in [-0.25, -0.2) is 0 Å². The smallest absolute Gasteiger partial charge is 0.279 e. The molecule has 2 rings (SSSR count). The average molecular weight is 349 g/mol. The van der Waals surface area contributed by atoms with Crippen LogP contribution in [0.5, 0.6) is 11.5 Å². The van der Waals surface area contributed by atoms with Crippen LogP contribution in [0.15, 0.2) is 48.5 Å². The first-order valence-corrected chi connectivity index (χ1v) is 7.54. The third-order valence-corrected chi connectivity index (χ3v) is 3.37. The Kier molecular flexibility index (Phi) is 6.03. The van der Waals surface area contributed by atoms with E-state index in [1.54, 1.807) is 43.3 Å². The number of carbonyl (C=O) groups excluding carboxylic acids is 2. The summed E-state index contributed by atoms with van der Waals surface area (Å²) in [7, 11) is 1.44. The highest BCUT2D eigenvalue weighted by Gasteiger charge is 2.17. The number of benzene rings is 2. The average Bonchev–Trinajstić information content (AvgIpc) is 2.60. The van der Waals surface area contributed by atoms with Crippen molar-refractivity contribution < 1.29 is 19.1 Å². The number of ether oxygens (including phenoxy) is 2. The summed E-state index contributed by atoms with van der Waals surface area (Å²) >= 11 is 5.88. The first-order chi connectivity index (χ1) is 11.5. The molecule has 0 spiro atoms. The maximum atomic E-state index is 12.2. The largest absolute Gasteiger partial charge is 0.496 e. The van der Waals surface area contributed by atoms with E-state index >= 15 is 0 Å². The Bertz CT molecular complexity index is 722. The van der Waals surface area contributed by atoms with Gasteiger partial charge in [-0.15, -0.1) is 0 Å². The topological polar surface area (TPSA) is 76.7 Å². The Hall–Kier alpha value is -2.73. The maximum Gasteiger partial charge on any atom is 0.279 e. The number of carbonyl (C=O) groups is 2. The standard InChI is InChI=1S/C17H17ClN2O4/c1-11(24-13-6-4-3-5-7-13)16(21)19-20-17(22)14-10-12(18)8-9-15(14)23-2/h3-11H,1-2H3,(H,19,21)(H,20,22). The minimum atomic E-state index is -0.783. The molecule has 0 saturated carbocycles. The first-order valence-electron chi connectivity index (χ1n) is 7.16. The fourth-order valence-electron chi connectivity index (χ4n) is 1.90. The number of amides is 2. The van der Waals surface area contributed by atoms with Crippen LogP contribution in [0, 0.1) is 0 Å². The normalized spacial score (nSPS) is 11.3. The molecule has 1 atom stereocenters. The van der Waals surface area contributed by atoms with Crippen molar-refractivity contribution in [3.05, 3.63) is 59.1 Å². The summed E-state index contributed by atoms with van der Waals surface area (Å²) in [5.41, 5.74) is 4.83. The molecule has 0 aliphatic rings. The zero-order valence-corrected chi connectivity index (χ0v) is 14.0. The van der Waals surface area contributed by atoms with Crippen LogP contribution in [0.1, 0.15) is 17.3 Å². The van der Waals surface area contributed by atoms with Crippen LogP contribution in [0.2, 0.25) is 5.02 Å². The van der Waals surface area contributed by atoms with Crippen molar-refractivity contribution in [1.29, 1.82) is 0 Å². The van der Waals surface area contributed by atoms with Crippen LogP contribution in [0.3, 0.4) is 0 Å². The van der Waals surface area contributed by atoms with Crippen LogP contribution in [-0.2, 0) is 4.79 Å². The van der Waals surface area contributed by atoms with E-state index in [0.717, 1.165) is 0 Å². The summed E-state index contributed by atoms with van der Waals surface area (Å²) in [4.78, 5) is 24.2. The third-order valence-electron chi connectivity index (χ3n) is 3.13. The van der Waals surface area contributed by atoms with Gasteiger partial charge in [-0.2, -0.15) is 0 Å². The molecule has 0 bridgehead atoms. The Morgan fingerprint density at radius 2 is 1.79 bits per heavy atom. The second kappa shape index (κ2) is 8.21. The number of hydrazine groups is 1. The van der Waals surface area contributed by atoms with E-state index < -0.39 is 17.9 Å². The molecule has 1 unspecified atom stereocenters. The SMILES string of the molecule is COc1ccc(Cl)cc1C(=O)NNC(=O)C(C)Oc1ccccc1. The zero-order chi connectivity index (χ0) is 17.5. The van der Waals surface area contributed by atoms with E-state index in [2.05, 4.69) is 10.9 Å². The van der Waals surface area contributed by atoms with Crippen molar-refractivity contribution in [1.82, 2.24) is 10.9 Å². The monoisotopic (exact) mass is 348 g/mol. The predicted octanol–water partition coefficient (Wildman–Crippen LogP) is 2.58. The third kappa shape index (κ3) is 4.63. The van der Waals surface area contributed by atoms with Crippen molar-refractivity contribution in [2.45, 2.75) is 13.0 Å². The van der Waals surface area contributed by atoms with Gasteiger partial charge in [-0.3, -0.25) is 20.4 Å². The molecule has 7 heteroatoms. The highest BCUT2D eigenvalue weighted by atomic mass is 35.5. The molecule has 0 aliphatic heterocycles. The minimum Gasteiger partial charge on any atom is -0.496 e. The number of methoxy groups -OCH3 is 1. The lowest BCUT2D eigenvalue weighted by Crippen LogP contribution is -2.47. The van der Waals surface area contributed by atoms with E-state index in [9.17, 15) is 9.59 Å². The lowest BCUT2D eigenvalue weighted by atomic mass is 10.2. The van der Waals surface area contributed by atoms with E-state index in [4.69, 9.17) is 21.1 Å². The van der Waals surface area contributed by atoms with Gasteiger partial charge in [0.25, 0.3) is 11.8 Å². The van der Waals surface area contributed by atoms with Crippen LogP contribution >= 0.6 is 11.6 Å². The van der Waals surface area contributed by atoms with Crippen molar-refractivity contribution in [2.24, 2.45) is 0 Å². The van der Waals surface area contributed by atoms with Gasteiger partial charge in [0, 0.05) is 5.02 Å². The second-order valence-corrected chi connectivity index (χ2v) is 5.30. The highest BCUT2D eigenvalue weighted by molar-refractivity contribution is 6.31. The Morgan fingerprint density at radius 1 is 1.08 bits per heavy atom. The van der Waals surface area contributed by atoms with Crippen LogP contribution in [-0.4, -0.2) is 25.0 Å². The van der Waals surface area contributed by atoms with E-state index in [1.165, 1.54) is 13.2 Å². The molecule has 0 saturated heterocycles. The minimum absolute atomic E-state index is 0.210. The van der Waals surface area contributed by atoms with Crippen molar-refractivity contribution >= 4 is 23.4 Å². The van der Waals surface area contributed by atoms with Gasteiger partial charge in [0.1, 0.15) is 11.5 Å². The Balaban J connectivity index is 1.93. The molecule has 24 heavy (non-hydrogen) atoms. The molecule has 126 valence electrons. The highest BCUT2D eigenvalue weighted by Crippen LogP contribution is 2.22. The van der Waals surface area contributed by atoms with Crippen LogP contribution in [0.4, 0.5) is 0 Å². The van der Waals surface area contributed by atoms with Gasteiger partial charge in [-0.1, -0.05) is 29.8 Å². The molecule has 0 fully saturated rings. The van der Waals surface area contributed by atoms with Gasteiger partial charge in [0.05, 0.1) is 12.7 Å². The summed E-state index contributed by atoms with van der Waals surface area (Å²) in [6.45, 7) is 1.58. The molecule has 6 nitrogen and oxygen atoms in total. The molecule has 2 aromatic carbocycles. The predicted molar refractivity (Wildman–Crippen MR) is 90.1 cm³/mol. The molecule has 0 radical (unpaired) electrons. The fraction of sp³-hybridized carbons (Fsp3) is 0.176. The van der Waals surface area contributed by atoms with Crippen molar-refractivity contribution in [2.75, 3.05) is 7.11 Å². The summed E-state index contributed by atoms with van der Waals surface area (Å²) in [6.07, 6.45) is -0.783. The van der Waals surface area contributed by atoms with Gasteiger partial charge >= 0.3 is 0 Å². The van der Waals surface area contributed by atoms with Gasteiger partial charge in [0.2, 0.25) is 0 Å². The zero-order valence-electron chi connectivity index (χ0n) is 13.2. The summed E-state index contributed by atoms with van der Waals surface area (Å²) in [5, 5.41) is 0.382. The summed E-state index contributed by atoms with van der Waals surface area (Å²) in [6, 6.07) is 13.5. The van der Waals surface area contributed by atoms with Crippen LogP contribution in [0.25, 0.3) is 0 Å². The van der Waals surface area contributed by atoms with Crippen molar-refractivity contribution in [3.8, 4) is 11.5 Å². The molecule has 2 N–H and O–H groups in total. The Labute approximate surface area is 144 Å². The molecule has 0 aromatic heterocycles. The quantitative estimate of drug-likeness (QED) is 0.814. The number of hydrogen-bond acceptors (Lipinski definition) is 4. The summed E-state index contributed by atoms with van der Waals surface area (Å²) < 4.78 is 10.6. The molecule has 0 heterocycles. The van der Waals surface area contributed by atoms with Gasteiger partial charge in [0.15, 0.2) is 6.10 Å². The molecular weight excluding hydrogens is 332 g/mol. The number of halogens is 1. The maximum absolute atomic E-state index is 12.2. The molecule has 2 aromatic rings. The molecule has 2 amide bonds. The van der Waals surface area contributed by atoms with Gasteiger partial charge in [-0.05, 0) is 37.3 Å². The number of hydrogen-bond donors (Lipinski definition) is 2. The van der Waals surface area contributed by atoms with E-state index in [1.807, 2.05) is 6.07 Å². The van der Waals surface area contributed by atoms with Gasteiger partial charge < -0.3 is 9.47 Å². The fourth-order valence-corrected chi connectivity index (χ4v) is 2.07. The van der Waals surface area contributed by atoms with E-state index in [0.29, 0.717) is 16.5 Å². The van der Waals surface area contributed by atoms with Crippen LogP contribution < -0.4 is 20.3 Å². The second-order valence-electron chi connectivity index (χ2n) is 4.86. The molecular formula is C17H17ClN2O4. The van der Waals surface area contributed by atoms with Crippen molar-refractivity contribution in [3.63, 3.8) is 0 Å². The lowest BCUT2D eigenvalue weighted by Gasteiger charge is -2.15. The lowest BCUT2D eigenvalue weighted by molar-refractivity contribution is -0.128. The molecule has 0 aliphatic carbocycles. The van der Waals surface area contributed by atoms with E-state index in [-0.39, 0.29) is 5.56 Å². The first kappa shape index (κ1) is 17.6. The number of nitrogens with one attached hydrogen (secondary N) is 2. The number of para-hydroxylation sites is 1. The summed E-state index contributed by atoms with van der Waals surface area (Å²) in [5.74, 6) is -0.134. The Morgan fingerprint density at radius 3 is 2.46 bits per heavy atom. The number of rotatable bonds is 5.